The zero-order chi connectivity index (χ0) is 43.6. The van der Waals surface area contributed by atoms with Crippen LogP contribution in [0.5, 0.6) is 0 Å². The van der Waals surface area contributed by atoms with Crippen LogP contribution in [0.25, 0.3) is 0 Å². The number of carbonyl (C=O) groups is 1. The summed E-state index contributed by atoms with van der Waals surface area (Å²) in [6.45, 7) is 4.88. The maximum atomic E-state index is 12.9. The highest BCUT2D eigenvalue weighted by molar-refractivity contribution is 7.47. The van der Waals surface area contributed by atoms with Gasteiger partial charge in [-0.2, -0.15) is 0 Å². The summed E-state index contributed by atoms with van der Waals surface area (Å²) >= 11 is 0. The van der Waals surface area contributed by atoms with Crippen LogP contribution in [0.15, 0.2) is 24.3 Å². The fourth-order valence-corrected chi connectivity index (χ4v) is 8.12. The van der Waals surface area contributed by atoms with Gasteiger partial charge in [0.25, 0.3) is 0 Å². The van der Waals surface area contributed by atoms with E-state index in [1.807, 2.05) is 21.1 Å². The smallest absolute Gasteiger partial charge is 0.391 e. The van der Waals surface area contributed by atoms with Crippen molar-refractivity contribution in [3.05, 3.63) is 24.3 Å². The fraction of sp³-hybridized carbons (Fsp3) is 0.900. The predicted octanol–water partition coefficient (Wildman–Crippen LogP) is 14.5. The van der Waals surface area contributed by atoms with Crippen LogP contribution in [0.3, 0.4) is 0 Å². The number of phosphoric ester groups is 1. The van der Waals surface area contributed by atoms with E-state index in [1.54, 1.807) is 0 Å². The molecule has 59 heavy (non-hydrogen) atoms. The summed E-state index contributed by atoms with van der Waals surface area (Å²) in [6, 6.07) is -0.775. The Kier molecular flexibility index (Phi) is 41.6. The first-order valence-corrected chi connectivity index (χ1v) is 26.7. The van der Waals surface area contributed by atoms with Gasteiger partial charge in [-0.25, -0.2) is 4.57 Å². The third-order valence-electron chi connectivity index (χ3n) is 11.4. The van der Waals surface area contributed by atoms with E-state index in [9.17, 15) is 19.4 Å². The van der Waals surface area contributed by atoms with Gasteiger partial charge in [0, 0.05) is 6.42 Å². The largest absolute Gasteiger partial charge is 0.472 e. The van der Waals surface area contributed by atoms with E-state index in [-0.39, 0.29) is 19.1 Å². The zero-order valence-corrected chi connectivity index (χ0v) is 40.7. The molecule has 0 rings (SSSR count). The summed E-state index contributed by atoms with van der Waals surface area (Å²) in [5, 5.41) is 14.0. The molecule has 3 N–H and O–H groups in total. The average molecular weight is 856 g/mol. The molecular weight excluding hydrogens is 756 g/mol. The van der Waals surface area contributed by atoms with Crippen LogP contribution in [0.1, 0.15) is 239 Å². The lowest BCUT2D eigenvalue weighted by atomic mass is 10.0. The number of hydrogen-bond donors (Lipinski definition) is 3. The summed E-state index contributed by atoms with van der Waals surface area (Å²) in [4.78, 5) is 23.2. The molecule has 0 aromatic heterocycles. The molecule has 0 radical (unpaired) electrons. The molecule has 0 aliphatic rings. The van der Waals surface area contributed by atoms with Gasteiger partial charge in [0.2, 0.25) is 5.91 Å². The van der Waals surface area contributed by atoms with Gasteiger partial charge in [-0.1, -0.05) is 192 Å². The predicted molar refractivity (Wildman–Crippen MR) is 254 cm³/mol. The van der Waals surface area contributed by atoms with Crippen LogP contribution >= 0.6 is 7.82 Å². The standard InChI is InChI=1S/C50H99N2O6P/c1-6-8-10-12-14-16-18-20-22-24-25-26-27-28-30-32-34-36-38-40-42-44-50(54)51-48(47-58-59(55,56)57-46-45-52(3,4)5)49(53)43-41-39-37-35-33-31-29-23-21-19-17-15-13-11-9-7-2/h20,22,33,35,48-49,53H,6-19,21,23-32,34,36-47H2,1-5H3,(H-,51,54,55,56)/p+1/b22-20+,35-33+/t48-,49+/m0/s1. The molecule has 8 nitrogen and oxygen atoms in total. The first-order valence-electron chi connectivity index (χ1n) is 25.2. The Bertz CT molecular complexity index is 1020. The number of nitrogens with zero attached hydrogens (tertiary/aromatic N) is 1. The summed E-state index contributed by atoms with van der Waals surface area (Å²) < 4.78 is 23.7. The van der Waals surface area contributed by atoms with E-state index >= 15 is 0 Å². The fourth-order valence-electron chi connectivity index (χ4n) is 7.39. The maximum absolute atomic E-state index is 12.9. The molecule has 0 aliphatic carbocycles. The Morgan fingerprint density at radius 2 is 0.915 bits per heavy atom. The van der Waals surface area contributed by atoms with E-state index in [4.69, 9.17) is 9.05 Å². The lowest BCUT2D eigenvalue weighted by Gasteiger charge is -2.26. The molecule has 0 saturated heterocycles. The summed E-state index contributed by atoms with van der Waals surface area (Å²) in [6.07, 6.45) is 50.7. The number of rotatable bonds is 46. The van der Waals surface area contributed by atoms with E-state index < -0.39 is 20.0 Å². The molecule has 0 spiro atoms. The second-order valence-corrected chi connectivity index (χ2v) is 20.0. The number of aliphatic hydroxyl groups is 1. The first kappa shape index (κ1) is 58.0. The highest BCUT2D eigenvalue weighted by Gasteiger charge is 2.28. The van der Waals surface area contributed by atoms with Crippen molar-refractivity contribution in [3.8, 4) is 0 Å². The Morgan fingerprint density at radius 1 is 0.559 bits per heavy atom. The number of amides is 1. The Labute approximate surface area is 366 Å². The number of allylic oxidation sites excluding steroid dienone is 4. The first-order chi connectivity index (χ1) is 28.5. The van der Waals surface area contributed by atoms with Crippen molar-refractivity contribution in [1.29, 1.82) is 0 Å². The number of quaternary nitrogens is 1. The molecule has 9 heteroatoms. The van der Waals surface area contributed by atoms with Gasteiger partial charge in [0.1, 0.15) is 13.2 Å². The quantitative estimate of drug-likeness (QED) is 0.0244. The van der Waals surface area contributed by atoms with Gasteiger partial charge in [0.05, 0.1) is 39.9 Å². The van der Waals surface area contributed by atoms with Crippen LogP contribution in [0.2, 0.25) is 0 Å². The average Bonchev–Trinajstić information content (AvgIpc) is 3.19. The van der Waals surface area contributed by atoms with Crippen molar-refractivity contribution in [2.75, 3.05) is 40.9 Å². The van der Waals surface area contributed by atoms with Crippen molar-refractivity contribution >= 4 is 13.7 Å². The van der Waals surface area contributed by atoms with Crippen LogP contribution in [-0.4, -0.2) is 73.4 Å². The van der Waals surface area contributed by atoms with Crippen molar-refractivity contribution in [1.82, 2.24) is 5.32 Å². The molecule has 3 atom stereocenters. The molecule has 0 saturated carbocycles. The van der Waals surface area contributed by atoms with Crippen molar-refractivity contribution in [2.24, 2.45) is 0 Å². The molecular formula is C50H100N2O6P+. The molecule has 0 fully saturated rings. The topological polar surface area (TPSA) is 105 Å². The maximum Gasteiger partial charge on any atom is 0.472 e. The number of phosphoric acid groups is 1. The molecule has 1 amide bonds. The Hall–Kier alpha value is -1.02. The Balaban J connectivity index is 4.28. The van der Waals surface area contributed by atoms with Crippen LogP contribution in [0, 0.1) is 0 Å². The monoisotopic (exact) mass is 856 g/mol. The summed E-state index contributed by atoms with van der Waals surface area (Å²) in [5.74, 6) is -0.153. The number of carbonyl (C=O) groups excluding carboxylic acids is 1. The van der Waals surface area contributed by atoms with Gasteiger partial charge < -0.3 is 19.8 Å². The van der Waals surface area contributed by atoms with E-state index in [0.29, 0.717) is 23.9 Å². The molecule has 350 valence electrons. The van der Waals surface area contributed by atoms with Gasteiger partial charge in [0.15, 0.2) is 0 Å². The minimum absolute atomic E-state index is 0.0705. The molecule has 0 aromatic carbocycles. The van der Waals surface area contributed by atoms with E-state index in [0.717, 1.165) is 44.9 Å². The molecule has 0 aromatic rings. The number of unbranched alkanes of at least 4 members (excludes halogenated alkanes) is 29. The van der Waals surface area contributed by atoms with E-state index in [1.165, 1.54) is 167 Å². The van der Waals surface area contributed by atoms with Gasteiger partial charge in [-0.05, 0) is 64.2 Å². The lowest BCUT2D eigenvalue weighted by molar-refractivity contribution is -0.870. The number of aliphatic hydroxyl groups excluding tert-OH is 1. The number of likely N-dealkylation sites (N-methyl/N-ethyl adjacent to an activating group) is 1. The molecule has 0 bridgehead atoms. The SMILES string of the molecule is CCCCCCCC/C=C/CCCCCCCCCCCCCC(=O)N[C@@H](COP(=O)(O)OCC[N+](C)(C)C)[C@H](O)CCCC/C=C/CCCCCCCCCCCC. The van der Waals surface area contributed by atoms with Gasteiger partial charge in [-0.3, -0.25) is 13.8 Å². The number of hydrogen-bond acceptors (Lipinski definition) is 5. The molecule has 1 unspecified atom stereocenters. The zero-order valence-electron chi connectivity index (χ0n) is 39.8. The third-order valence-corrected chi connectivity index (χ3v) is 12.4. The highest BCUT2D eigenvalue weighted by atomic mass is 31.2. The lowest BCUT2D eigenvalue weighted by Crippen LogP contribution is -2.46. The van der Waals surface area contributed by atoms with Crippen molar-refractivity contribution in [2.45, 2.75) is 251 Å². The van der Waals surface area contributed by atoms with Crippen LogP contribution in [-0.2, 0) is 18.4 Å². The minimum atomic E-state index is -4.32. The molecule has 0 aliphatic heterocycles. The van der Waals surface area contributed by atoms with Crippen molar-refractivity contribution < 1.29 is 32.9 Å². The minimum Gasteiger partial charge on any atom is -0.391 e. The summed E-state index contributed by atoms with van der Waals surface area (Å²) in [7, 11) is 1.60. The second kappa shape index (κ2) is 42.3. The highest BCUT2D eigenvalue weighted by Crippen LogP contribution is 2.43. The summed E-state index contributed by atoms with van der Waals surface area (Å²) in [5.41, 5.74) is 0. The molecule has 0 heterocycles. The van der Waals surface area contributed by atoms with Crippen LogP contribution in [0.4, 0.5) is 0 Å². The van der Waals surface area contributed by atoms with Gasteiger partial charge in [-0.15, -0.1) is 0 Å². The second-order valence-electron chi connectivity index (χ2n) is 18.5. The van der Waals surface area contributed by atoms with Gasteiger partial charge >= 0.3 is 7.82 Å². The van der Waals surface area contributed by atoms with Crippen LogP contribution < -0.4 is 5.32 Å². The van der Waals surface area contributed by atoms with Crippen molar-refractivity contribution in [3.63, 3.8) is 0 Å². The third kappa shape index (κ3) is 44.8. The number of nitrogens with one attached hydrogen (secondary N) is 1. The normalized spacial score (nSPS) is 14.4. The van der Waals surface area contributed by atoms with E-state index in [2.05, 4.69) is 43.5 Å². The Morgan fingerprint density at radius 3 is 1.31 bits per heavy atom.